The van der Waals surface area contributed by atoms with Crippen LogP contribution in [0.1, 0.15) is 29.8 Å². The van der Waals surface area contributed by atoms with E-state index in [1.165, 1.54) is 0 Å². The molecule has 140 valence electrons. The molecule has 2 aromatic carbocycles. The molecule has 0 heterocycles. The van der Waals surface area contributed by atoms with E-state index in [9.17, 15) is 13.2 Å². The van der Waals surface area contributed by atoms with Crippen LogP contribution in [-0.4, -0.2) is 33.8 Å². The fourth-order valence-corrected chi connectivity index (χ4v) is 3.23. The minimum atomic E-state index is -3.17. The van der Waals surface area contributed by atoms with Gasteiger partial charge in [0.05, 0.1) is 24.7 Å². The molecule has 0 spiro atoms. The van der Waals surface area contributed by atoms with Gasteiger partial charge in [-0.25, -0.2) is 8.42 Å². The molecular formula is C19H23NO5S. The maximum Gasteiger partial charge on any atom is 0.255 e. The van der Waals surface area contributed by atoms with Crippen LogP contribution in [-0.2, 0) is 15.6 Å². The number of ether oxygens (including phenoxy) is 2. The molecule has 0 unspecified atom stereocenters. The fraction of sp³-hybridized carbons (Fsp3) is 0.316. The molecule has 2 aromatic rings. The third-order valence-electron chi connectivity index (χ3n) is 3.43. The van der Waals surface area contributed by atoms with E-state index in [4.69, 9.17) is 9.47 Å². The number of hydrogen-bond donors (Lipinski definition) is 1. The van der Waals surface area contributed by atoms with E-state index in [1.54, 1.807) is 42.5 Å². The zero-order chi connectivity index (χ0) is 19.2. The third kappa shape index (κ3) is 5.77. The second-order valence-electron chi connectivity index (χ2n) is 5.75. The Kier molecular flexibility index (Phi) is 6.63. The van der Waals surface area contributed by atoms with Gasteiger partial charge in [-0.05, 0) is 43.7 Å². The Labute approximate surface area is 154 Å². The van der Waals surface area contributed by atoms with Crippen molar-refractivity contribution in [3.63, 3.8) is 0 Å². The molecule has 0 aliphatic carbocycles. The molecule has 7 heteroatoms. The van der Waals surface area contributed by atoms with Crippen LogP contribution in [0.3, 0.4) is 0 Å². The first-order chi connectivity index (χ1) is 12.3. The van der Waals surface area contributed by atoms with E-state index in [0.717, 1.165) is 6.26 Å². The van der Waals surface area contributed by atoms with E-state index in [1.807, 2.05) is 13.8 Å². The number of carbonyl (C=O) groups excluding carboxylic acids is 1. The summed E-state index contributed by atoms with van der Waals surface area (Å²) in [7, 11) is -3.17. The zero-order valence-corrected chi connectivity index (χ0v) is 15.9. The quantitative estimate of drug-likeness (QED) is 0.763. The van der Waals surface area contributed by atoms with Crippen LogP contribution in [0, 0.1) is 0 Å². The first kappa shape index (κ1) is 19.8. The predicted octanol–water partition coefficient (Wildman–Crippen LogP) is 3.28. The molecule has 1 N–H and O–H groups in total. The van der Waals surface area contributed by atoms with Gasteiger partial charge in [-0.15, -0.1) is 0 Å². The van der Waals surface area contributed by atoms with E-state index in [0.29, 0.717) is 41.5 Å². The van der Waals surface area contributed by atoms with Crippen molar-refractivity contribution in [3.8, 4) is 11.5 Å². The first-order valence-corrected chi connectivity index (χ1v) is 10.4. The molecule has 6 nitrogen and oxygen atoms in total. The van der Waals surface area contributed by atoms with Crippen LogP contribution in [0.2, 0.25) is 0 Å². The maximum absolute atomic E-state index is 12.6. The third-order valence-corrected chi connectivity index (χ3v) is 4.29. The summed E-state index contributed by atoms with van der Waals surface area (Å²) in [6, 6.07) is 11.8. The highest BCUT2D eigenvalue weighted by molar-refractivity contribution is 7.89. The van der Waals surface area contributed by atoms with Crippen LogP contribution in [0.15, 0.2) is 42.5 Å². The number of rotatable bonds is 8. The van der Waals surface area contributed by atoms with Crippen LogP contribution in [0.5, 0.6) is 11.5 Å². The Morgan fingerprint density at radius 3 is 2.42 bits per heavy atom. The summed E-state index contributed by atoms with van der Waals surface area (Å²) in [5.41, 5.74) is 1.43. The van der Waals surface area contributed by atoms with Crippen LogP contribution in [0.25, 0.3) is 0 Å². The normalized spacial score (nSPS) is 11.0. The van der Waals surface area contributed by atoms with Crippen LogP contribution in [0.4, 0.5) is 5.69 Å². The van der Waals surface area contributed by atoms with Crippen molar-refractivity contribution in [3.05, 3.63) is 53.6 Å². The Hall–Kier alpha value is -2.54. The van der Waals surface area contributed by atoms with Crippen LogP contribution >= 0.6 is 0 Å². The highest BCUT2D eigenvalue weighted by atomic mass is 32.2. The van der Waals surface area contributed by atoms with Crippen molar-refractivity contribution in [2.24, 2.45) is 0 Å². The zero-order valence-electron chi connectivity index (χ0n) is 15.1. The van der Waals surface area contributed by atoms with Gasteiger partial charge >= 0.3 is 0 Å². The van der Waals surface area contributed by atoms with Crippen LogP contribution < -0.4 is 14.8 Å². The van der Waals surface area contributed by atoms with Gasteiger partial charge in [-0.3, -0.25) is 4.79 Å². The molecule has 0 radical (unpaired) electrons. The summed E-state index contributed by atoms with van der Waals surface area (Å²) in [4.78, 5) is 12.6. The van der Waals surface area contributed by atoms with E-state index in [-0.39, 0.29) is 11.7 Å². The largest absolute Gasteiger partial charge is 0.494 e. The molecular weight excluding hydrogens is 354 g/mol. The predicted molar refractivity (Wildman–Crippen MR) is 102 cm³/mol. The lowest BCUT2D eigenvalue weighted by atomic mass is 10.1. The Morgan fingerprint density at radius 2 is 1.77 bits per heavy atom. The molecule has 0 fully saturated rings. The molecule has 2 rings (SSSR count). The molecule has 0 saturated carbocycles. The standard InChI is InChI=1S/C19H23NO5S/c1-4-24-16-9-10-18(25-5-2)17(12-16)20-19(21)15-8-6-7-14(11-15)13-26(3,22)23/h6-12H,4-5,13H2,1-3H3,(H,20,21). The van der Waals surface area contributed by atoms with Gasteiger partial charge < -0.3 is 14.8 Å². The summed E-state index contributed by atoms with van der Waals surface area (Å²) in [6.45, 7) is 4.70. The van der Waals surface area contributed by atoms with Gasteiger partial charge in [0, 0.05) is 17.9 Å². The molecule has 0 aliphatic heterocycles. The lowest BCUT2D eigenvalue weighted by Crippen LogP contribution is -2.14. The molecule has 0 aliphatic rings. The van der Waals surface area contributed by atoms with Gasteiger partial charge in [0.25, 0.3) is 5.91 Å². The summed E-state index contributed by atoms with van der Waals surface area (Å²) in [6.07, 6.45) is 1.16. The Bertz CT molecular complexity index is 877. The number of amides is 1. The Morgan fingerprint density at radius 1 is 1.04 bits per heavy atom. The lowest BCUT2D eigenvalue weighted by molar-refractivity contribution is 0.102. The molecule has 1 amide bonds. The highest BCUT2D eigenvalue weighted by Gasteiger charge is 2.13. The second-order valence-corrected chi connectivity index (χ2v) is 7.89. The van der Waals surface area contributed by atoms with Gasteiger partial charge in [-0.1, -0.05) is 12.1 Å². The summed E-state index contributed by atoms with van der Waals surface area (Å²) in [5, 5.41) is 2.81. The molecule has 0 aromatic heterocycles. The average Bonchev–Trinajstić information content (AvgIpc) is 2.56. The van der Waals surface area contributed by atoms with Gasteiger partial charge in [-0.2, -0.15) is 0 Å². The number of benzene rings is 2. The molecule has 0 atom stereocenters. The van der Waals surface area contributed by atoms with Crippen molar-refractivity contribution in [2.75, 3.05) is 24.8 Å². The summed E-state index contributed by atoms with van der Waals surface area (Å²) < 4.78 is 33.9. The van der Waals surface area contributed by atoms with E-state index >= 15 is 0 Å². The second kappa shape index (κ2) is 8.71. The van der Waals surface area contributed by atoms with Gasteiger partial charge in [0.15, 0.2) is 9.84 Å². The summed E-state index contributed by atoms with van der Waals surface area (Å²) in [5.74, 6) is 0.696. The number of anilines is 1. The molecule has 0 saturated heterocycles. The van der Waals surface area contributed by atoms with Crippen molar-refractivity contribution < 1.29 is 22.7 Å². The summed E-state index contributed by atoms with van der Waals surface area (Å²) >= 11 is 0. The van der Waals surface area contributed by atoms with E-state index < -0.39 is 9.84 Å². The minimum Gasteiger partial charge on any atom is -0.494 e. The smallest absolute Gasteiger partial charge is 0.255 e. The maximum atomic E-state index is 12.6. The number of nitrogens with one attached hydrogen (secondary N) is 1. The monoisotopic (exact) mass is 377 g/mol. The first-order valence-electron chi connectivity index (χ1n) is 8.30. The van der Waals surface area contributed by atoms with Gasteiger partial charge in [0.2, 0.25) is 0 Å². The van der Waals surface area contributed by atoms with Crippen molar-refractivity contribution in [1.29, 1.82) is 0 Å². The highest BCUT2D eigenvalue weighted by Crippen LogP contribution is 2.30. The number of hydrogen-bond acceptors (Lipinski definition) is 5. The minimum absolute atomic E-state index is 0.113. The fourth-order valence-electron chi connectivity index (χ4n) is 2.44. The number of carbonyl (C=O) groups is 1. The van der Waals surface area contributed by atoms with Crippen molar-refractivity contribution >= 4 is 21.4 Å². The SMILES string of the molecule is CCOc1ccc(OCC)c(NC(=O)c2cccc(CS(C)(=O)=O)c2)c1. The lowest BCUT2D eigenvalue weighted by Gasteiger charge is -2.14. The Balaban J connectivity index is 2.26. The number of sulfone groups is 1. The average molecular weight is 377 g/mol. The van der Waals surface area contributed by atoms with Crippen molar-refractivity contribution in [1.82, 2.24) is 0 Å². The topological polar surface area (TPSA) is 81.7 Å². The van der Waals surface area contributed by atoms with E-state index in [2.05, 4.69) is 5.32 Å². The molecule has 26 heavy (non-hydrogen) atoms. The van der Waals surface area contributed by atoms with Crippen molar-refractivity contribution in [2.45, 2.75) is 19.6 Å². The molecule has 0 bridgehead atoms. The van der Waals surface area contributed by atoms with Gasteiger partial charge in [0.1, 0.15) is 11.5 Å².